The molecule has 0 spiro atoms. The smallest absolute Gasteiger partial charge is 0.336 e. The molecule has 2 N–H and O–H groups in total. The van der Waals surface area contributed by atoms with E-state index >= 15 is 0 Å². The zero-order chi connectivity index (χ0) is 19.6. The number of thioether (sulfide) groups is 1. The molecule has 0 bridgehead atoms. The lowest BCUT2D eigenvalue weighted by atomic mass is 9.82. The van der Waals surface area contributed by atoms with Crippen molar-refractivity contribution in [1.29, 1.82) is 0 Å². The van der Waals surface area contributed by atoms with E-state index in [1.54, 1.807) is 19.1 Å². The van der Waals surface area contributed by atoms with Crippen LogP contribution in [0.2, 0.25) is 0 Å². The Balaban J connectivity index is 2.23. The molecule has 140 valence electrons. The molecule has 0 fully saturated rings. The van der Waals surface area contributed by atoms with Crippen molar-refractivity contribution in [2.24, 2.45) is 0 Å². The molecule has 2 heterocycles. The Morgan fingerprint density at radius 2 is 2.26 bits per heavy atom. The summed E-state index contributed by atoms with van der Waals surface area (Å²) in [6.45, 7) is 5.34. The van der Waals surface area contributed by atoms with Gasteiger partial charge >= 0.3 is 5.97 Å². The fourth-order valence-corrected chi connectivity index (χ4v) is 3.63. The van der Waals surface area contributed by atoms with Crippen molar-refractivity contribution in [3.05, 3.63) is 75.5 Å². The van der Waals surface area contributed by atoms with E-state index < -0.39 is 23.3 Å². The quantitative estimate of drug-likeness (QED) is 0.355. The van der Waals surface area contributed by atoms with Crippen molar-refractivity contribution < 1.29 is 13.9 Å². The summed E-state index contributed by atoms with van der Waals surface area (Å²) in [5.74, 6) is -0.928. The number of H-pyrrole nitrogens is 1. The van der Waals surface area contributed by atoms with Crippen LogP contribution >= 0.6 is 11.8 Å². The van der Waals surface area contributed by atoms with Crippen LogP contribution in [0.25, 0.3) is 0 Å². The first-order chi connectivity index (χ1) is 13.0. The predicted octanol–water partition coefficient (Wildman–Crippen LogP) is 3.19. The molecule has 0 aliphatic carbocycles. The van der Waals surface area contributed by atoms with Gasteiger partial charge in [0.05, 0.1) is 24.2 Å². The van der Waals surface area contributed by atoms with E-state index in [2.05, 4.69) is 21.9 Å². The Hall–Kier alpha value is -2.87. The maximum Gasteiger partial charge on any atom is 0.336 e. The number of hydrogen-bond donors (Lipinski definition) is 2. The molecule has 6 nitrogen and oxygen atoms in total. The third kappa shape index (κ3) is 3.66. The highest BCUT2D eigenvalue weighted by Gasteiger charge is 2.36. The number of esters is 1. The number of nitrogens with one attached hydrogen (secondary N) is 2. The van der Waals surface area contributed by atoms with E-state index in [1.165, 1.54) is 37.1 Å². The standard InChI is InChI=1S/C19H18FN3O3S/c1-4-8-27-19-22-16-15(17(24)23-19)14(11-6-5-7-12(20)9-11)13(10(2)21-16)18(25)26-3/h4-7,9,14H,1,8H2,2-3H3,(H2,21,22,23,24)/t14-/m1/s1. The van der Waals surface area contributed by atoms with Crippen molar-refractivity contribution in [1.82, 2.24) is 9.97 Å². The molecule has 0 saturated heterocycles. The minimum atomic E-state index is -0.792. The number of carbonyl (C=O) groups is 1. The SMILES string of the molecule is C=CCSc1nc2c(c(=O)[nH]1)[C@H](c1cccc(F)c1)C(C(=O)OC)=C(C)N2. The topological polar surface area (TPSA) is 84.1 Å². The van der Waals surface area contributed by atoms with E-state index in [4.69, 9.17) is 4.74 Å². The van der Waals surface area contributed by atoms with Gasteiger partial charge in [-0.2, -0.15) is 0 Å². The number of benzene rings is 1. The number of nitrogens with zero attached hydrogens (tertiary/aromatic N) is 1. The number of hydrogen-bond acceptors (Lipinski definition) is 6. The van der Waals surface area contributed by atoms with E-state index in [0.29, 0.717) is 28.0 Å². The molecule has 1 atom stereocenters. The molecular weight excluding hydrogens is 369 g/mol. The van der Waals surface area contributed by atoms with E-state index in [-0.39, 0.29) is 11.1 Å². The van der Waals surface area contributed by atoms with Crippen molar-refractivity contribution in [3.63, 3.8) is 0 Å². The number of allylic oxidation sites excluding steroid dienone is 1. The molecule has 1 aliphatic rings. The summed E-state index contributed by atoms with van der Waals surface area (Å²) >= 11 is 1.33. The maximum atomic E-state index is 13.8. The number of halogens is 1. The summed E-state index contributed by atoms with van der Waals surface area (Å²) < 4.78 is 18.7. The van der Waals surface area contributed by atoms with Crippen molar-refractivity contribution in [2.75, 3.05) is 18.2 Å². The number of ether oxygens (including phenoxy) is 1. The molecule has 8 heteroatoms. The molecule has 1 aromatic heterocycles. The van der Waals surface area contributed by atoms with Gasteiger partial charge in [0.25, 0.3) is 5.56 Å². The van der Waals surface area contributed by atoms with Gasteiger partial charge in [0, 0.05) is 11.4 Å². The molecule has 3 rings (SSSR count). The Bertz CT molecular complexity index is 1000. The average molecular weight is 387 g/mol. The normalized spacial score (nSPS) is 15.7. The second-order valence-corrected chi connectivity index (χ2v) is 6.89. The van der Waals surface area contributed by atoms with Crippen LogP contribution in [0.15, 0.2) is 58.1 Å². The lowest BCUT2D eigenvalue weighted by Crippen LogP contribution is -2.31. The Labute approximate surface area is 159 Å². The summed E-state index contributed by atoms with van der Waals surface area (Å²) in [4.78, 5) is 32.4. The molecule has 1 aliphatic heterocycles. The first-order valence-electron chi connectivity index (χ1n) is 8.15. The van der Waals surface area contributed by atoms with E-state index in [1.807, 2.05) is 0 Å². The second kappa shape index (κ2) is 7.79. The van der Waals surface area contributed by atoms with Crippen molar-refractivity contribution >= 4 is 23.5 Å². The fourth-order valence-electron chi connectivity index (χ4n) is 3.04. The fraction of sp³-hybridized carbons (Fsp3) is 0.211. The highest BCUT2D eigenvalue weighted by Crippen LogP contribution is 2.40. The number of methoxy groups -OCH3 is 1. The third-order valence-corrected chi connectivity index (χ3v) is 5.02. The summed E-state index contributed by atoms with van der Waals surface area (Å²) in [7, 11) is 1.26. The minimum absolute atomic E-state index is 0.245. The highest BCUT2D eigenvalue weighted by molar-refractivity contribution is 7.99. The largest absolute Gasteiger partial charge is 0.466 e. The van der Waals surface area contributed by atoms with Crippen LogP contribution in [0.4, 0.5) is 10.2 Å². The molecule has 2 aromatic rings. The first kappa shape index (κ1) is 18.9. The van der Waals surface area contributed by atoms with Gasteiger partial charge in [-0.25, -0.2) is 14.2 Å². The van der Waals surface area contributed by atoms with Gasteiger partial charge in [-0.15, -0.1) is 6.58 Å². The molecule has 0 amide bonds. The van der Waals surface area contributed by atoms with Crippen LogP contribution in [-0.4, -0.2) is 28.8 Å². The second-order valence-electron chi connectivity index (χ2n) is 5.88. The zero-order valence-corrected chi connectivity index (χ0v) is 15.7. The number of fused-ring (bicyclic) bond motifs is 1. The van der Waals surface area contributed by atoms with Gasteiger partial charge < -0.3 is 15.0 Å². The van der Waals surface area contributed by atoms with Crippen molar-refractivity contribution in [3.8, 4) is 0 Å². The monoisotopic (exact) mass is 387 g/mol. The Morgan fingerprint density at radius 1 is 1.48 bits per heavy atom. The number of aromatic amines is 1. The van der Waals surface area contributed by atoms with Gasteiger partial charge in [0.2, 0.25) is 0 Å². The van der Waals surface area contributed by atoms with Gasteiger partial charge in [-0.3, -0.25) is 4.79 Å². The van der Waals surface area contributed by atoms with Gasteiger partial charge in [0.1, 0.15) is 11.6 Å². The van der Waals surface area contributed by atoms with Gasteiger partial charge in [0.15, 0.2) is 5.16 Å². The lowest BCUT2D eigenvalue weighted by Gasteiger charge is -2.28. The maximum absolute atomic E-state index is 13.8. The molecule has 0 radical (unpaired) electrons. The summed E-state index contributed by atoms with van der Waals surface area (Å²) in [5, 5.41) is 3.44. The summed E-state index contributed by atoms with van der Waals surface area (Å²) in [6.07, 6.45) is 1.70. The molecule has 1 aromatic carbocycles. The van der Waals surface area contributed by atoms with Crippen LogP contribution in [0.1, 0.15) is 24.0 Å². The van der Waals surface area contributed by atoms with Crippen LogP contribution in [0.5, 0.6) is 0 Å². The number of aromatic nitrogens is 2. The van der Waals surface area contributed by atoms with Crippen LogP contribution in [0, 0.1) is 5.82 Å². The Kier molecular flexibility index (Phi) is 5.46. The zero-order valence-electron chi connectivity index (χ0n) is 14.8. The first-order valence-corrected chi connectivity index (χ1v) is 9.14. The van der Waals surface area contributed by atoms with Gasteiger partial charge in [-0.05, 0) is 24.6 Å². The summed E-state index contributed by atoms with van der Waals surface area (Å²) in [5.41, 5.74) is 1.06. The number of anilines is 1. The Morgan fingerprint density at radius 3 is 2.93 bits per heavy atom. The molecule has 0 unspecified atom stereocenters. The van der Waals surface area contributed by atoms with E-state index in [9.17, 15) is 14.0 Å². The highest BCUT2D eigenvalue weighted by atomic mass is 32.2. The number of carbonyl (C=O) groups excluding carboxylic acids is 1. The van der Waals surface area contributed by atoms with Crippen molar-refractivity contribution in [2.45, 2.75) is 18.0 Å². The third-order valence-electron chi connectivity index (χ3n) is 4.15. The summed E-state index contributed by atoms with van der Waals surface area (Å²) in [6, 6.07) is 5.80. The van der Waals surface area contributed by atoms with Crippen LogP contribution in [-0.2, 0) is 9.53 Å². The predicted molar refractivity (Wildman–Crippen MR) is 102 cm³/mol. The lowest BCUT2D eigenvalue weighted by molar-refractivity contribution is -0.136. The average Bonchev–Trinajstić information content (AvgIpc) is 2.64. The molecule has 0 saturated carbocycles. The van der Waals surface area contributed by atoms with E-state index in [0.717, 1.165) is 0 Å². The van der Waals surface area contributed by atoms with Crippen LogP contribution in [0.3, 0.4) is 0 Å². The number of rotatable bonds is 5. The molecular formula is C19H18FN3O3S. The van der Waals surface area contributed by atoms with Crippen LogP contribution < -0.4 is 10.9 Å². The molecule has 27 heavy (non-hydrogen) atoms. The van der Waals surface area contributed by atoms with Gasteiger partial charge in [-0.1, -0.05) is 30.0 Å². The minimum Gasteiger partial charge on any atom is -0.466 e.